The fourth-order valence-electron chi connectivity index (χ4n) is 3.89. The monoisotopic (exact) mass is 429 g/mol. The van der Waals surface area contributed by atoms with Crippen molar-refractivity contribution >= 4 is 24.0 Å². The molecule has 1 saturated heterocycles. The van der Waals surface area contributed by atoms with Gasteiger partial charge in [-0.15, -0.1) is 0 Å². The molecule has 0 unspecified atom stereocenters. The van der Waals surface area contributed by atoms with Crippen LogP contribution in [0, 0.1) is 13.8 Å². The van der Waals surface area contributed by atoms with Gasteiger partial charge in [0.2, 0.25) is 0 Å². The number of amides is 3. The third kappa shape index (κ3) is 3.80. The predicted octanol–water partition coefficient (Wildman–Crippen LogP) is 3.97. The molecule has 1 N–H and O–H groups in total. The number of hydrogen-bond donors (Lipinski definition) is 1. The summed E-state index contributed by atoms with van der Waals surface area (Å²) in [6, 6.07) is 18.0. The summed E-state index contributed by atoms with van der Waals surface area (Å²) in [4.78, 5) is 38.7. The molecule has 0 aliphatic carbocycles. The van der Waals surface area contributed by atoms with Gasteiger partial charge in [0.05, 0.1) is 24.9 Å². The molecular weight excluding hydrogens is 406 g/mol. The summed E-state index contributed by atoms with van der Waals surface area (Å²) < 4.78 is 6.85. The summed E-state index contributed by atoms with van der Waals surface area (Å²) in [6.45, 7) is 4.02. The van der Waals surface area contributed by atoms with Crippen molar-refractivity contribution in [2.75, 3.05) is 7.11 Å². The SMILES string of the molecule is COC(=O)c1ccccc1-n1c(C)cc(/C=C2/NC(=O)N(Cc3ccccc3)C2=O)c1C. The van der Waals surface area contributed by atoms with Crippen LogP contribution >= 0.6 is 0 Å². The van der Waals surface area contributed by atoms with Crippen molar-refractivity contribution in [3.8, 4) is 5.69 Å². The van der Waals surface area contributed by atoms with Gasteiger partial charge in [0.25, 0.3) is 5.91 Å². The number of rotatable bonds is 5. The molecule has 3 amide bonds. The maximum atomic E-state index is 12.9. The number of benzene rings is 2. The molecule has 4 rings (SSSR count). The summed E-state index contributed by atoms with van der Waals surface area (Å²) in [5, 5.41) is 2.67. The third-order valence-corrected chi connectivity index (χ3v) is 5.47. The van der Waals surface area contributed by atoms with Crippen LogP contribution < -0.4 is 5.32 Å². The number of aryl methyl sites for hydroxylation is 1. The summed E-state index contributed by atoms with van der Waals surface area (Å²) in [5.74, 6) is -0.804. The molecule has 1 fully saturated rings. The van der Waals surface area contributed by atoms with E-state index in [1.165, 1.54) is 12.0 Å². The second-order valence-electron chi connectivity index (χ2n) is 7.54. The van der Waals surface area contributed by atoms with E-state index in [0.717, 1.165) is 22.5 Å². The maximum absolute atomic E-state index is 12.9. The van der Waals surface area contributed by atoms with E-state index in [2.05, 4.69) is 5.32 Å². The normalized spacial score (nSPS) is 14.7. The minimum absolute atomic E-state index is 0.203. The number of nitrogens with zero attached hydrogens (tertiary/aromatic N) is 2. The number of hydrogen-bond acceptors (Lipinski definition) is 4. The van der Waals surface area contributed by atoms with Gasteiger partial charge < -0.3 is 14.6 Å². The zero-order valence-electron chi connectivity index (χ0n) is 18.1. The van der Waals surface area contributed by atoms with Crippen LogP contribution in [0.2, 0.25) is 0 Å². The summed E-state index contributed by atoms with van der Waals surface area (Å²) >= 11 is 0. The van der Waals surface area contributed by atoms with E-state index in [9.17, 15) is 14.4 Å². The van der Waals surface area contributed by atoms with Gasteiger partial charge in [-0.3, -0.25) is 9.69 Å². The Morgan fingerprint density at radius 3 is 2.44 bits per heavy atom. The molecule has 7 heteroatoms. The van der Waals surface area contributed by atoms with Crippen LogP contribution in [-0.2, 0) is 16.1 Å². The van der Waals surface area contributed by atoms with Crippen molar-refractivity contribution in [1.29, 1.82) is 0 Å². The second kappa shape index (κ2) is 8.55. The van der Waals surface area contributed by atoms with Gasteiger partial charge in [0, 0.05) is 11.4 Å². The van der Waals surface area contributed by atoms with Crippen LogP contribution in [0.3, 0.4) is 0 Å². The van der Waals surface area contributed by atoms with Crippen LogP contribution in [0.4, 0.5) is 4.79 Å². The number of esters is 1. The molecule has 3 aromatic rings. The number of carbonyl (C=O) groups excluding carboxylic acids is 3. The van der Waals surface area contributed by atoms with Gasteiger partial charge in [-0.1, -0.05) is 42.5 Å². The van der Waals surface area contributed by atoms with Crippen molar-refractivity contribution in [1.82, 2.24) is 14.8 Å². The molecule has 32 heavy (non-hydrogen) atoms. The predicted molar refractivity (Wildman–Crippen MR) is 120 cm³/mol. The first-order valence-corrected chi connectivity index (χ1v) is 10.2. The molecule has 2 aromatic carbocycles. The topological polar surface area (TPSA) is 80.6 Å². The zero-order chi connectivity index (χ0) is 22.8. The number of carbonyl (C=O) groups is 3. The number of ether oxygens (including phenoxy) is 1. The highest BCUT2D eigenvalue weighted by Gasteiger charge is 2.33. The smallest absolute Gasteiger partial charge is 0.339 e. The lowest BCUT2D eigenvalue weighted by Gasteiger charge is -2.13. The highest BCUT2D eigenvalue weighted by atomic mass is 16.5. The average Bonchev–Trinajstić information content (AvgIpc) is 3.23. The minimum Gasteiger partial charge on any atom is -0.465 e. The Bertz CT molecular complexity index is 1240. The first kappa shape index (κ1) is 21.1. The van der Waals surface area contributed by atoms with Crippen molar-refractivity contribution < 1.29 is 19.1 Å². The minimum atomic E-state index is -0.449. The Kier molecular flexibility index (Phi) is 5.64. The van der Waals surface area contributed by atoms with E-state index >= 15 is 0 Å². The number of imide groups is 1. The summed E-state index contributed by atoms with van der Waals surface area (Å²) in [5.41, 5.74) is 4.69. The Morgan fingerprint density at radius 1 is 1.03 bits per heavy atom. The second-order valence-corrected chi connectivity index (χ2v) is 7.54. The fourth-order valence-corrected chi connectivity index (χ4v) is 3.89. The van der Waals surface area contributed by atoms with Gasteiger partial charge in [-0.2, -0.15) is 0 Å². The fraction of sp³-hybridized carbons (Fsp3) is 0.160. The molecule has 0 bridgehead atoms. The van der Waals surface area contributed by atoms with Crippen molar-refractivity contribution in [3.05, 3.63) is 94.4 Å². The molecule has 0 radical (unpaired) electrons. The largest absolute Gasteiger partial charge is 0.465 e. The molecule has 0 atom stereocenters. The molecule has 7 nitrogen and oxygen atoms in total. The number of para-hydroxylation sites is 1. The van der Waals surface area contributed by atoms with Crippen molar-refractivity contribution in [2.24, 2.45) is 0 Å². The number of aromatic nitrogens is 1. The van der Waals surface area contributed by atoms with E-state index in [-0.39, 0.29) is 18.1 Å². The third-order valence-electron chi connectivity index (χ3n) is 5.47. The number of urea groups is 1. The van der Waals surface area contributed by atoms with E-state index in [1.54, 1.807) is 18.2 Å². The van der Waals surface area contributed by atoms with Crippen LogP contribution in [0.5, 0.6) is 0 Å². The lowest BCUT2D eigenvalue weighted by atomic mass is 10.1. The molecular formula is C25H23N3O4. The van der Waals surface area contributed by atoms with Gasteiger partial charge in [0.15, 0.2) is 0 Å². The van der Waals surface area contributed by atoms with Gasteiger partial charge in [-0.05, 0) is 49.2 Å². The van der Waals surface area contributed by atoms with E-state index in [1.807, 2.05) is 66.9 Å². The molecule has 162 valence electrons. The molecule has 2 heterocycles. The average molecular weight is 429 g/mol. The maximum Gasteiger partial charge on any atom is 0.339 e. The van der Waals surface area contributed by atoms with Crippen LogP contribution in [0.25, 0.3) is 11.8 Å². The van der Waals surface area contributed by atoms with Gasteiger partial charge >= 0.3 is 12.0 Å². The van der Waals surface area contributed by atoms with Crippen molar-refractivity contribution in [3.63, 3.8) is 0 Å². The Labute approximate surface area is 185 Å². The first-order chi connectivity index (χ1) is 15.4. The van der Waals surface area contributed by atoms with E-state index < -0.39 is 12.0 Å². The van der Waals surface area contributed by atoms with Gasteiger partial charge in [0.1, 0.15) is 5.70 Å². The Morgan fingerprint density at radius 2 is 1.72 bits per heavy atom. The molecule has 0 spiro atoms. The lowest BCUT2D eigenvalue weighted by Crippen LogP contribution is -2.30. The van der Waals surface area contributed by atoms with Crippen LogP contribution in [0.15, 0.2) is 66.4 Å². The molecule has 0 saturated carbocycles. The van der Waals surface area contributed by atoms with Crippen molar-refractivity contribution in [2.45, 2.75) is 20.4 Å². The standard InChI is InChI=1S/C25H23N3O4/c1-16-13-19(17(2)28(16)22-12-8-7-11-20(22)24(30)32-3)14-21-23(29)27(25(31)26-21)15-18-9-5-4-6-10-18/h4-14H,15H2,1-3H3,(H,26,31)/b21-14+. The highest BCUT2D eigenvalue weighted by Crippen LogP contribution is 2.26. The lowest BCUT2D eigenvalue weighted by molar-refractivity contribution is -0.123. The quantitative estimate of drug-likeness (QED) is 0.378. The van der Waals surface area contributed by atoms with Crippen LogP contribution in [0.1, 0.15) is 32.9 Å². The molecule has 1 aromatic heterocycles. The number of nitrogens with one attached hydrogen (secondary N) is 1. The Hall–Kier alpha value is -4.13. The summed E-state index contributed by atoms with van der Waals surface area (Å²) in [7, 11) is 1.35. The van der Waals surface area contributed by atoms with Crippen LogP contribution in [-0.4, -0.2) is 34.5 Å². The van der Waals surface area contributed by atoms with E-state index in [0.29, 0.717) is 11.3 Å². The highest BCUT2D eigenvalue weighted by molar-refractivity contribution is 6.14. The zero-order valence-corrected chi connectivity index (χ0v) is 18.1. The van der Waals surface area contributed by atoms with E-state index in [4.69, 9.17) is 4.74 Å². The molecule has 1 aliphatic rings. The summed E-state index contributed by atoms with van der Waals surface area (Å²) in [6.07, 6.45) is 1.67. The number of methoxy groups -OCH3 is 1. The Balaban J connectivity index is 1.68. The van der Waals surface area contributed by atoms with Gasteiger partial charge in [-0.25, -0.2) is 9.59 Å². The molecule has 1 aliphatic heterocycles. The first-order valence-electron chi connectivity index (χ1n) is 10.2.